The summed E-state index contributed by atoms with van der Waals surface area (Å²) >= 11 is 2.70. The van der Waals surface area contributed by atoms with Crippen molar-refractivity contribution in [2.24, 2.45) is 0 Å². The van der Waals surface area contributed by atoms with Crippen molar-refractivity contribution >= 4 is 72.6 Å². The van der Waals surface area contributed by atoms with Crippen molar-refractivity contribution in [2.45, 2.75) is 66.1 Å². The Morgan fingerprint density at radius 3 is 2.25 bits per heavy atom. The number of benzene rings is 5. The third kappa shape index (κ3) is 7.74. The Hall–Kier alpha value is -2.82. The first-order valence-electron chi connectivity index (χ1n) is 18.3. The largest absolute Gasteiger partial charge is 1.00 e. The van der Waals surface area contributed by atoms with Gasteiger partial charge in [0.25, 0.3) is 0 Å². The van der Waals surface area contributed by atoms with Gasteiger partial charge in [-0.25, -0.2) is 8.42 Å². The van der Waals surface area contributed by atoms with Crippen LogP contribution in [0, 0.1) is 0 Å². The first-order valence-corrected chi connectivity index (χ1v) is 21.3. The molecule has 0 atom stereocenters. The van der Waals surface area contributed by atoms with Gasteiger partial charge in [-0.3, -0.25) is 5.04 Å². The summed E-state index contributed by atoms with van der Waals surface area (Å²) in [5.41, 5.74) is 8.84. The van der Waals surface area contributed by atoms with Gasteiger partial charge in [0.05, 0.1) is 22.4 Å². The second kappa shape index (κ2) is 16.3. The van der Waals surface area contributed by atoms with Gasteiger partial charge in [0, 0.05) is 56.2 Å². The van der Waals surface area contributed by atoms with Crippen molar-refractivity contribution in [1.29, 1.82) is 0 Å². The molecule has 0 fully saturated rings. The quantitative estimate of drug-likeness (QED) is 0.0397. The van der Waals surface area contributed by atoms with Crippen molar-refractivity contribution in [3.05, 3.63) is 148 Å². The van der Waals surface area contributed by atoms with Gasteiger partial charge < -0.3 is 14.7 Å². The van der Waals surface area contributed by atoms with E-state index >= 15 is 0 Å². The molecule has 0 saturated heterocycles. The monoisotopic (exact) mass is 840 g/mol. The summed E-state index contributed by atoms with van der Waals surface area (Å²) in [5.74, 6) is 0. The van der Waals surface area contributed by atoms with Crippen LogP contribution in [0.1, 0.15) is 51.7 Å². The van der Waals surface area contributed by atoms with E-state index < -0.39 is 10.1 Å². The van der Waals surface area contributed by atoms with Crippen molar-refractivity contribution in [3.8, 4) is 0 Å². The number of anilines is 1. The fourth-order valence-electron chi connectivity index (χ4n) is 8.84. The number of fused-ring (bicyclic) bond motifs is 6. The molecule has 3 aliphatic rings. The molecule has 2 aliphatic heterocycles. The molecular weight excluding hydrogens is 800 g/mol. The minimum absolute atomic E-state index is 0. The Labute approximate surface area is 385 Å². The van der Waals surface area contributed by atoms with Crippen molar-refractivity contribution in [1.82, 2.24) is 0 Å². The normalized spacial score (nSPS) is 18.8. The minimum atomic E-state index is -4.56. The molecule has 8 nitrogen and oxygen atoms in total. The third-order valence-electron chi connectivity index (χ3n) is 11.5. The molecule has 8 rings (SSSR count). The van der Waals surface area contributed by atoms with Gasteiger partial charge in [0.1, 0.15) is 17.2 Å². The maximum Gasteiger partial charge on any atom is 1.00 e. The van der Waals surface area contributed by atoms with E-state index in [0.717, 1.165) is 68.3 Å². The van der Waals surface area contributed by atoms with Crippen molar-refractivity contribution in [3.63, 3.8) is 0 Å². The molecule has 0 spiro atoms. The molecule has 0 unspecified atom stereocenters. The van der Waals surface area contributed by atoms with Crippen LogP contribution in [0.3, 0.4) is 0 Å². The standard InChI is InChI=1S/C45H42N2O6S3.K/c1-44(2)39(46(5)37-22-14-30-26-33(55-53-52-48)18-20-35(30)41(37)44)24-16-28-12-13-29(43(28)54-32-10-8-7-9-11-32)17-25-40-45(3,4)42-36-21-19-34(56(49,50)51)27-31(36)15-23-38(42)47(40)6;/h7-11,14-27H,12-13H2,1-6H3,(H-,48,49,50,51);/q;+1/p-1. The van der Waals surface area contributed by atoms with Crippen LogP contribution in [0.4, 0.5) is 11.4 Å². The first-order chi connectivity index (χ1) is 26.7. The topological polar surface area (TPSA) is 105 Å². The van der Waals surface area contributed by atoms with E-state index in [1.54, 1.807) is 17.8 Å². The second-order valence-electron chi connectivity index (χ2n) is 15.5. The zero-order valence-corrected chi connectivity index (χ0v) is 38.5. The van der Waals surface area contributed by atoms with Gasteiger partial charge >= 0.3 is 51.4 Å². The van der Waals surface area contributed by atoms with Crippen LogP contribution in [0.25, 0.3) is 21.5 Å². The number of nitrogens with zero attached hydrogens (tertiary/aromatic N) is 2. The average Bonchev–Trinajstić information content (AvgIpc) is 3.71. The Morgan fingerprint density at radius 1 is 0.807 bits per heavy atom. The number of hydrogen-bond acceptors (Lipinski definition) is 9. The summed E-state index contributed by atoms with van der Waals surface area (Å²) in [4.78, 5) is 5.23. The van der Waals surface area contributed by atoms with Gasteiger partial charge in [-0.2, -0.15) is 8.91 Å². The van der Waals surface area contributed by atoms with Crippen LogP contribution in [-0.2, 0) is 30.3 Å². The molecule has 5 aromatic carbocycles. The minimum Gasteiger partial charge on any atom is -0.744 e. The van der Waals surface area contributed by atoms with E-state index in [2.05, 4.69) is 127 Å². The summed E-state index contributed by atoms with van der Waals surface area (Å²) < 4.78 is 42.2. The van der Waals surface area contributed by atoms with Gasteiger partial charge in [-0.15, -0.1) is 0 Å². The van der Waals surface area contributed by atoms with Crippen molar-refractivity contribution < 1.29 is 83.6 Å². The van der Waals surface area contributed by atoms with Gasteiger partial charge in [-0.05, 0) is 120 Å². The number of likely N-dealkylation sites (N-methyl/N-ethyl adjacent to an activating group) is 1. The molecule has 0 N–H and O–H groups in total. The molecule has 0 radical (unpaired) electrons. The van der Waals surface area contributed by atoms with E-state index in [0.29, 0.717) is 0 Å². The summed E-state index contributed by atoms with van der Waals surface area (Å²) in [6.45, 7) is 8.95. The number of thioether (sulfide) groups is 1. The fraction of sp³-hybridized carbons (Fsp3) is 0.222. The third-order valence-corrected chi connectivity index (χ3v) is 14.1. The van der Waals surface area contributed by atoms with Crippen molar-refractivity contribution in [2.75, 3.05) is 19.0 Å². The Kier molecular flexibility index (Phi) is 12.1. The molecule has 5 aromatic rings. The summed E-state index contributed by atoms with van der Waals surface area (Å²) in [6.07, 6.45) is 10.9. The summed E-state index contributed by atoms with van der Waals surface area (Å²) in [7, 11) is -0.351. The molecule has 0 aromatic heterocycles. The summed E-state index contributed by atoms with van der Waals surface area (Å²) in [6, 6.07) is 29.4. The SMILES string of the molecule is CN1C(=C/C=C2\CCC(C=CC3=[N+](C)c4ccc5cc(SOO[O-])ccc5c4C3(C)C)=C2Sc2ccccc2)C(C)(C)c2c1ccc1cc(S(=O)(=O)[O-])ccc21.[K+]. The molecule has 0 saturated carbocycles. The van der Waals surface area contributed by atoms with E-state index in [9.17, 15) is 18.2 Å². The van der Waals surface area contributed by atoms with E-state index in [4.69, 9.17) is 0 Å². The maximum absolute atomic E-state index is 11.8. The van der Waals surface area contributed by atoms with Crippen LogP contribution >= 0.6 is 23.8 Å². The van der Waals surface area contributed by atoms with E-state index in [-0.39, 0.29) is 67.1 Å². The molecule has 12 heteroatoms. The molecular formula is C45H41KN2O6S3. The zero-order valence-electron chi connectivity index (χ0n) is 33.0. The van der Waals surface area contributed by atoms with Crippen LogP contribution in [-0.4, -0.2) is 37.4 Å². The van der Waals surface area contributed by atoms with E-state index in [1.165, 1.54) is 50.0 Å². The maximum atomic E-state index is 11.8. The Bertz CT molecular complexity index is 2720. The molecule has 0 bridgehead atoms. The second-order valence-corrected chi connectivity index (χ2v) is 18.7. The molecule has 286 valence electrons. The van der Waals surface area contributed by atoms with Crippen LogP contribution in [0.5, 0.6) is 0 Å². The number of rotatable bonds is 9. The molecule has 1 aliphatic carbocycles. The predicted octanol–water partition coefficient (Wildman–Crippen LogP) is 6.77. The Balaban J connectivity index is 0.00000496. The zero-order chi connectivity index (χ0) is 39.6. The molecule has 57 heavy (non-hydrogen) atoms. The number of hydrogen-bond donors (Lipinski definition) is 0. The fourth-order valence-corrected chi connectivity index (χ4v) is 10.9. The van der Waals surface area contributed by atoms with E-state index in [1.807, 2.05) is 30.3 Å². The number of allylic oxidation sites excluding steroid dienone is 7. The average molecular weight is 841 g/mol. The van der Waals surface area contributed by atoms with Crippen LogP contribution < -0.4 is 61.5 Å². The smallest absolute Gasteiger partial charge is 0.744 e. The molecule has 2 heterocycles. The molecule has 0 amide bonds. The van der Waals surface area contributed by atoms with Crippen LogP contribution in [0.2, 0.25) is 0 Å². The first kappa shape index (κ1) is 42.3. The van der Waals surface area contributed by atoms with Gasteiger partial charge in [-0.1, -0.05) is 74.2 Å². The van der Waals surface area contributed by atoms with Gasteiger partial charge in [0.2, 0.25) is 5.69 Å². The summed E-state index contributed by atoms with van der Waals surface area (Å²) in [5, 5.41) is 17.8. The Morgan fingerprint density at radius 2 is 1.51 bits per heavy atom. The predicted molar refractivity (Wildman–Crippen MR) is 223 cm³/mol. The van der Waals surface area contributed by atoms with Crippen LogP contribution in [0.15, 0.2) is 152 Å². The van der Waals surface area contributed by atoms with Gasteiger partial charge in [0.15, 0.2) is 5.71 Å².